The van der Waals surface area contributed by atoms with Gasteiger partial charge < -0.3 is 9.88 Å². The summed E-state index contributed by atoms with van der Waals surface area (Å²) in [6, 6.07) is 7.74. The number of aliphatic imine (C=N–C) groups is 1. The van der Waals surface area contributed by atoms with Gasteiger partial charge in [0.2, 0.25) is 0 Å². The molecule has 25 heavy (non-hydrogen) atoms. The molecule has 0 aliphatic heterocycles. The molecule has 0 unspecified atom stereocenters. The molecular formula is C17H20N6O2. The third-order valence-corrected chi connectivity index (χ3v) is 3.96. The number of nitrogens with one attached hydrogen (secondary N) is 2. The Labute approximate surface area is 143 Å². The molecule has 2 N–H and O–H groups in total. The third kappa shape index (κ3) is 3.10. The normalized spacial score (nSPS) is 11.5. The summed E-state index contributed by atoms with van der Waals surface area (Å²) < 4.78 is 2.90. The predicted molar refractivity (Wildman–Crippen MR) is 99.1 cm³/mol. The summed E-state index contributed by atoms with van der Waals surface area (Å²) in [5, 5.41) is 3.04. The van der Waals surface area contributed by atoms with Gasteiger partial charge in [-0.2, -0.15) is 0 Å². The molecule has 130 valence electrons. The number of nitrogens with zero attached hydrogens (tertiary/aromatic N) is 4. The van der Waals surface area contributed by atoms with Crippen LogP contribution >= 0.6 is 0 Å². The van der Waals surface area contributed by atoms with Gasteiger partial charge >= 0.3 is 5.69 Å². The summed E-state index contributed by atoms with van der Waals surface area (Å²) in [6.45, 7) is 2.62. The van der Waals surface area contributed by atoms with Crippen molar-refractivity contribution in [3.8, 4) is 0 Å². The zero-order valence-electron chi connectivity index (χ0n) is 14.4. The monoisotopic (exact) mass is 340 g/mol. The van der Waals surface area contributed by atoms with Crippen LogP contribution < -0.4 is 16.6 Å². The highest BCUT2D eigenvalue weighted by atomic mass is 16.2. The van der Waals surface area contributed by atoms with Gasteiger partial charge in [-0.05, 0) is 18.6 Å². The Bertz CT molecular complexity index is 1060. The quantitative estimate of drug-likeness (QED) is 0.688. The number of imidazole rings is 1. The van der Waals surface area contributed by atoms with Crippen LogP contribution in [0.25, 0.3) is 11.0 Å². The molecule has 0 atom stereocenters. The van der Waals surface area contributed by atoms with E-state index < -0.39 is 11.2 Å². The zero-order valence-corrected chi connectivity index (χ0v) is 14.4. The van der Waals surface area contributed by atoms with Crippen LogP contribution in [0.5, 0.6) is 0 Å². The highest BCUT2D eigenvalue weighted by Crippen LogP contribution is 2.17. The molecule has 3 rings (SSSR count). The number of fused-ring (bicyclic) bond motifs is 1. The summed E-state index contributed by atoms with van der Waals surface area (Å²) in [5.41, 5.74) is 1.04. The Morgan fingerprint density at radius 1 is 1.24 bits per heavy atom. The first-order valence-electron chi connectivity index (χ1n) is 8.05. The first-order chi connectivity index (χ1) is 12.0. The lowest BCUT2D eigenvalue weighted by Gasteiger charge is -2.08. The van der Waals surface area contributed by atoms with E-state index in [2.05, 4.69) is 20.3 Å². The predicted octanol–water partition coefficient (Wildman–Crippen LogP) is 1.53. The number of aryl methyl sites for hydroxylation is 1. The Morgan fingerprint density at radius 3 is 2.72 bits per heavy atom. The molecule has 0 saturated carbocycles. The lowest BCUT2D eigenvalue weighted by atomic mass is 10.3. The number of aromatic amines is 1. The van der Waals surface area contributed by atoms with E-state index in [0.29, 0.717) is 18.2 Å². The minimum Gasteiger partial charge on any atom is -0.370 e. The van der Waals surface area contributed by atoms with Crippen molar-refractivity contribution < 1.29 is 0 Å². The van der Waals surface area contributed by atoms with Crippen molar-refractivity contribution in [2.24, 2.45) is 19.1 Å². The van der Waals surface area contributed by atoms with E-state index in [0.717, 1.165) is 22.0 Å². The van der Waals surface area contributed by atoms with Crippen molar-refractivity contribution in [2.45, 2.75) is 13.3 Å². The topological polar surface area (TPSA) is 97.1 Å². The van der Waals surface area contributed by atoms with Gasteiger partial charge in [-0.15, -0.1) is 0 Å². The molecule has 2 aromatic heterocycles. The second-order valence-corrected chi connectivity index (χ2v) is 5.72. The minimum absolute atomic E-state index is 0.155. The first kappa shape index (κ1) is 16.7. The number of para-hydroxylation sites is 2. The highest BCUT2D eigenvalue weighted by Gasteiger charge is 2.11. The highest BCUT2D eigenvalue weighted by molar-refractivity contribution is 5.86. The second-order valence-electron chi connectivity index (χ2n) is 5.72. The van der Waals surface area contributed by atoms with Gasteiger partial charge in [-0.25, -0.2) is 14.8 Å². The van der Waals surface area contributed by atoms with Crippen molar-refractivity contribution >= 4 is 28.8 Å². The van der Waals surface area contributed by atoms with Gasteiger partial charge in [0.15, 0.2) is 11.5 Å². The van der Waals surface area contributed by atoms with Gasteiger partial charge in [0, 0.05) is 20.6 Å². The van der Waals surface area contributed by atoms with E-state index in [-0.39, 0.29) is 5.69 Å². The molecule has 8 heteroatoms. The Morgan fingerprint density at radius 2 is 2.00 bits per heavy atom. The maximum Gasteiger partial charge on any atom is 0.329 e. The fraction of sp³-hybridized carbons (Fsp3) is 0.294. The molecule has 0 amide bonds. The van der Waals surface area contributed by atoms with Crippen molar-refractivity contribution in [3.63, 3.8) is 0 Å². The SMILES string of the molecule is CCCNc1[nH]c(=O)n(C)c(=O)c1N=Cc1nc2ccccc2n1C. The van der Waals surface area contributed by atoms with Crippen LogP contribution in [0.2, 0.25) is 0 Å². The van der Waals surface area contributed by atoms with Crippen LogP contribution in [0.1, 0.15) is 19.2 Å². The summed E-state index contributed by atoms with van der Waals surface area (Å²) >= 11 is 0. The standard InChI is InChI=1S/C17H20N6O2/c1-4-9-18-15-14(16(24)23(3)17(25)21-15)19-10-13-20-11-7-5-6-8-12(11)22(13)2/h5-8,10,18H,4,9H2,1-3H3,(H,21,25). The van der Waals surface area contributed by atoms with E-state index in [1.807, 2.05) is 42.8 Å². The Balaban J connectivity index is 2.08. The number of aromatic nitrogens is 4. The summed E-state index contributed by atoms with van der Waals surface area (Å²) in [6.07, 6.45) is 2.39. The summed E-state index contributed by atoms with van der Waals surface area (Å²) in [5.74, 6) is 0.945. The van der Waals surface area contributed by atoms with Crippen LogP contribution in [-0.4, -0.2) is 31.9 Å². The lowest BCUT2D eigenvalue weighted by Crippen LogP contribution is -2.33. The van der Waals surface area contributed by atoms with Gasteiger partial charge in [0.05, 0.1) is 17.2 Å². The minimum atomic E-state index is -0.481. The largest absolute Gasteiger partial charge is 0.370 e. The number of rotatable bonds is 5. The smallest absolute Gasteiger partial charge is 0.329 e. The molecule has 1 aromatic carbocycles. The number of anilines is 1. The maximum absolute atomic E-state index is 12.4. The van der Waals surface area contributed by atoms with Crippen LogP contribution in [0.15, 0.2) is 38.8 Å². The lowest BCUT2D eigenvalue weighted by molar-refractivity contribution is 0.776. The van der Waals surface area contributed by atoms with Gasteiger partial charge in [0.1, 0.15) is 5.82 Å². The zero-order chi connectivity index (χ0) is 18.0. The van der Waals surface area contributed by atoms with E-state index in [9.17, 15) is 9.59 Å². The van der Waals surface area contributed by atoms with E-state index in [4.69, 9.17) is 0 Å². The fourth-order valence-corrected chi connectivity index (χ4v) is 2.51. The average molecular weight is 340 g/mol. The fourth-order valence-electron chi connectivity index (χ4n) is 2.51. The number of H-pyrrole nitrogens is 1. The van der Waals surface area contributed by atoms with E-state index in [1.165, 1.54) is 13.3 Å². The first-order valence-corrected chi connectivity index (χ1v) is 8.05. The number of hydrogen-bond acceptors (Lipinski definition) is 5. The van der Waals surface area contributed by atoms with Crippen molar-refractivity contribution in [3.05, 3.63) is 50.9 Å². The van der Waals surface area contributed by atoms with Crippen molar-refractivity contribution in [2.75, 3.05) is 11.9 Å². The molecule has 0 fully saturated rings. The van der Waals surface area contributed by atoms with Gasteiger partial charge in [-0.1, -0.05) is 19.1 Å². The van der Waals surface area contributed by atoms with Crippen LogP contribution in [0, 0.1) is 0 Å². The van der Waals surface area contributed by atoms with Gasteiger partial charge in [0.25, 0.3) is 5.56 Å². The molecule has 2 heterocycles. The maximum atomic E-state index is 12.4. The van der Waals surface area contributed by atoms with Crippen LogP contribution in [0.4, 0.5) is 11.5 Å². The molecule has 0 saturated heterocycles. The Hall–Kier alpha value is -3.16. The summed E-state index contributed by atoms with van der Waals surface area (Å²) in [7, 11) is 3.30. The molecule has 0 radical (unpaired) electrons. The van der Waals surface area contributed by atoms with Crippen LogP contribution in [-0.2, 0) is 14.1 Å². The molecule has 0 aliphatic carbocycles. The van der Waals surface area contributed by atoms with Crippen molar-refractivity contribution in [1.82, 2.24) is 19.1 Å². The molecule has 8 nitrogen and oxygen atoms in total. The molecule has 0 spiro atoms. The number of hydrogen-bond donors (Lipinski definition) is 2. The molecule has 3 aromatic rings. The average Bonchev–Trinajstić information content (AvgIpc) is 2.93. The second kappa shape index (κ2) is 6.76. The van der Waals surface area contributed by atoms with Gasteiger partial charge in [-0.3, -0.25) is 14.3 Å². The van der Waals surface area contributed by atoms with Crippen LogP contribution in [0.3, 0.4) is 0 Å². The van der Waals surface area contributed by atoms with Crippen molar-refractivity contribution in [1.29, 1.82) is 0 Å². The van der Waals surface area contributed by atoms with E-state index in [1.54, 1.807) is 0 Å². The van der Waals surface area contributed by atoms with E-state index >= 15 is 0 Å². The number of benzene rings is 1. The summed E-state index contributed by atoms with van der Waals surface area (Å²) in [4.78, 5) is 35.7. The molecular weight excluding hydrogens is 320 g/mol. The molecule has 0 bridgehead atoms. The Kier molecular flexibility index (Phi) is 4.51. The molecule has 0 aliphatic rings. The third-order valence-electron chi connectivity index (χ3n) is 3.96.